The highest BCUT2D eigenvalue weighted by Gasteiger charge is 2.44. The first-order chi connectivity index (χ1) is 9.25. The number of benzene rings is 1. The summed E-state index contributed by atoms with van der Waals surface area (Å²) in [5, 5.41) is 0. The highest BCUT2D eigenvalue weighted by molar-refractivity contribution is 5.89. The summed E-state index contributed by atoms with van der Waals surface area (Å²) in [6.45, 7) is 0.522. The summed E-state index contributed by atoms with van der Waals surface area (Å²) in [4.78, 5) is 25.4. The van der Waals surface area contributed by atoms with Crippen molar-refractivity contribution in [3.63, 3.8) is 0 Å². The number of hydrogen-bond acceptors (Lipinski definition) is 3. The minimum Gasteiger partial charge on any atom is -0.376 e. The van der Waals surface area contributed by atoms with Crippen molar-refractivity contribution in [1.29, 1.82) is 0 Å². The number of carbonyl (C=O) groups is 2. The number of nitrogens with zero attached hydrogens (tertiary/aromatic N) is 1. The van der Waals surface area contributed by atoms with Crippen LogP contribution in [0.5, 0.6) is 0 Å². The van der Waals surface area contributed by atoms with Crippen molar-refractivity contribution in [2.24, 2.45) is 5.92 Å². The smallest absolute Gasteiger partial charge is 0.376 e. The molecule has 2 aliphatic rings. The summed E-state index contributed by atoms with van der Waals surface area (Å²) in [6.07, 6.45) is 3.37. The molecule has 1 saturated carbocycles. The van der Waals surface area contributed by atoms with E-state index in [-0.39, 0.29) is 17.9 Å². The summed E-state index contributed by atoms with van der Waals surface area (Å²) in [7, 11) is 0. The molecule has 4 heteroatoms. The van der Waals surface area contributed by atoms with Crippen LogP contribution in [0.1, 0.15) is 31.2 Å². The Hall–Kier alpha value is -1.84. The molecule has 1 amide bonds. The predicted molar refractivity (Wildman–Crippen MR) is 69.2 cm³/mol. The zero-order valence-corrected chi connectivity index (χ0v) is 10.7. The third kappa shape index (κ3) is 2.35. The number of esters is 1. The van der Waals surface area contributed by atoms with E-state index in [2.05, 4.69) is 0 Å². The Morgan fingerprint density at radius 2 is 1.84 bits per heavy atom. The maximum atomic E-state index is 11.9. The largest absolute Gasteiger partial charge is 0.418 e. The molecule has 19 heavy (non-hydrogen) atoms. The molecule has 0 N–H and O–H groups in total. The van der Waals surface area contributed by atoms with Crippen LogP contribution in [0.15, 0.2) is 30.3 Å². The first-order valence-electron chi connectivity index (χ1n) is 6.82. The van der Waals surface area contributed by atoms with Crippen molar-refractivity contribution in [2.75, 3.05) is 0 Å². The molecule has 0 bridgehead atoms. The minimum atomic E-state index is -0.489. The predicted octanol–water partition coefficient (Wildman–Crippen LogP) is 2.72. The molecule has 2 atom stereocenters. The lowest BCUT2D eigenvalue weighted by Gasteiger charge is -2.41. The fourth-order valence-electron chi connectivity index (χ4n) is 3.08. The second kappa shape index (κ2) is 5.03. The van der Waals surface area contributed by atoms with Gasteiger partial charge in [-0.15, -0.1) is 0 Å². The van der Waals surface area contributed by atoms with Crippen molar-refractivity contribution in [2.45, 2.75) is 38.3 Å². The summed E-state index contributed by atoms with van der Waals surface area (Å²) in [5.41, 5.74) is 1.07. The van der Waals surface area contributed by atoms with Gasteiger partial charge >= 0.3 is 12.1 Å². The fourth-order valence-corrected chi connectivity index (χ4v) is 3.08. The van der Waals surface area contributed by atoms with Crippen molar-refractivity contribution in [3.05, 3.63) is 35.9 Å². The van der Waals surface area contributed by atoms with Gasteiger partial charge in [0.1, 0.15) is 0 Å². The Bertz CT molecular complexity index is 485. The summed E-state index contributed by atoms with van der Waals surface area (Å²) < 4.78 is 4.89. The van der Waals surface area contributed by atoms with Crippen LogP contribution in [0.4, 0.5) is 4.79 Å². The average Bonchev–Trinajstić information content (AvgIpc) is 2.45. The molecule has 1 aliphatic heterocycles. The maximum Gasteiger partial charge on any atom is 0.418 e. The number of rotatable bonds is 2. The third-order valence-electron chi connectivity index (χ3n) is 4.05. The molecule has 1 heterocycles. The van der Waals surface area contributed by atoms with E-state index in [1.165, 1.54) is 0 Å². The third-order valence-corrected chi connectivity index (χ3v) is 4.05. The molecule has 100 valence electrons. The number of ether oxygens (including phenoxy) is 1. The Balaban J connectivity index is 1.82. The molecule has 1 aromatic rings. The molecule has 0 radical (unpaired) electrons. The number of fused-ring (bicyclic) bond motifs is 1. The van der Waals surface area contributed by atoms with Gasteiger partial charge in [-0.25, -0.2) is 4.79 Å². The van der Waals surface area contributed by atoms with Gasteiger partial charge in [-0.1, -0.05) is 43.2 Å². The van der Waals surface area contributed by atoms with Gasteiger partial charge in [-0.05, 0) is 18.4 Å². The van der Waals surface area contributed by atoms with E-state index in [1.54, 1.807) is 4.90 Å². The minimum absolute atomic E-state index is 0.0164. The molecule has 4 nitrogen and oxygen atoms in total. The van der Waals surface area contributed by atoms with Crippen molar-refractivity contribution < 1.29 is 14.3 Å². The van der Waals surface area contributed by atoms with Crippen LogP contribution in [-0.4, -0.2) is 23.0 Å². The van der Waals surface area contributed by atoms with E-state index in [9.17, 15) is 9.59 Å². The van der Waals surface area contributed by atoms with Gasteiger partial charge in [-0.3, -0.25) is 9.69 Å². The van der Waals surface area contributed by atoms with Crippen LogP contribution < -0.4 is 0 Å². The van der Waals surface area contributed by atoms with E-state index in [1.807, 2.05) is 30.3 Å². The van der Waals surface area contributed by atoms with E-state index >= 15 is 0 Å². The van der Waals surface area contributed by atoms with Gasteiger partial charge in [0.15, 0.2) is 0 Å². The van der Waals surface area contributed by atoms with Crippen molar-refractivity contribution >= 4 is 12.1 Å². The van der Waals surface area contributed by atoms with Crippen LogP contribution in [0.3, 0.4) is 0 Å². The van der Waals surface area contributed by atoms with E-state index in [0.717, 1.165) is 31.2 Å². The van der Waals surface area contributed by atoms with Crippen LogP contribution >= 0.6 is 0 Å². The van der Waals surface area contributed by atoms with Crippen LogP contribution in [0.2, 0.25) is 0 Å². The van der Waals surface area contributed by atoms with Gasteiger partial charge in [0, 0.05) is 12.6 Å². The highest BCUT2D eigenvalue weighted by Crippen LogP contribution is 2.34. The SMILES string of the molecule is O=C1OC(=O)N(Cc2ccccc2)C2CCCCC12. The molecule has 1 saturated heterocycles. The zero-order valence-electron chi connectivity index (χ0n) is 10.7. The molecular formula is C15H17NO3. The second-order valence-electron chi connectivity index (χ2n) is 5.26. The molecular weight excluding hydrogens is 242 g/mol. The molecule has 1 aliphatic carbocycles. The van der Waals surface area contributed by atoms with Crippen LogP contribution in [0, 0.1) is 5.92 Å². The van der Waals surface area contributed by atoms with Crippen LogP contribution in [-0.2, 0) is 16.1 Å². The normalized spacial score (nSPS) is 26.8. The van der Waals surface area contributed by atoms with Gasteiger partial charge in [0.25, 0.3) is 0 Å². The summed E-state index contributed by atoms with van der Waals surface area (Å²) in [5.74, 6) is -0.464. The lowest BCUT2D eigenvalue weighted by atomic mass is 9.82. The molecule has 3 rings (SSSR count). The summed E-state index contributed by atoms with van der Waals surface area (Å²) >= 11 is 0. The molecule has 0 spiro atoms. The Morgan fingerprint density at radius 3 is 2.63 bits per heavy atom. The van der Waals surface area contributed by atoms with Crippen molar-refractivity contribution in [1.82, 2.24) is 4.90 Å². The van der Waals surface area contributed by atoms with E-state index in [4.69, 9.17) is 4.74 Å². The Morgan fingerprint density at radius 1 is 1.11 bits per heavy atom. The maximum absolute atomic E-state index is 11.9. The highest BCUT2D eigenvalue weighted by atomic mass is 16.6. The van der Waals surface area contributed by atoms with Crippen LogP contribution in [0.25, 0.3) is 0 Å². The molecule has 2 unspecified atom stereocenters. The van der Waals surface area contributed by atoms with Gasteiger partial charge in [-0.2, -0.15) is 0 Å². The number of carbonyl (C=O) groups excluding carboxylic acids is 2. The van der Waals surface area contributed by atoms with E-state index < -0.39 is 6.09 Å². The Kier molecular flexibility index (Phi) is 3.23. The standard InChI is InChI=1S/C15H17NO3/c17-14-12-8-4-5-9-13(12)16(15(18)19-14)10-11-6-2-1-3-7-11/h1-3,6-7,12-13H,4-5,8-10H2. The molecule has 2 fully saturated rings. The summed E-state index contributed by atoms with van der Waals surface area (Å²) in [6, 6.07) is 9.85. The van der Waals surface area contributed by atoms with Gasteiger partial charge in [0.05, 0.1) is 5.92 Å². The number of amides is 1. The molecule has 1 aromatic carbocycles. The molecule has 0 aromatic heterocycles. The fraction of sp³-hybridized carbons (Fsp3) is 0.467. The van der Waals surface area contributed by atoms with Gasteiger partial charge < -0.3 is 4.74 Å². The second-order valence-corrected chi connectivity index (χ2v) is 5.26. The first-order valence-corrected chi connectivity index (χ1v) is 6.82. The van der Waals surface area contributed by atoms with Crippen molar-refractivity contribution in [3.8, 4) is 0 Å². The van der Waals surface area contributed by atoms with E-state index in [0.29, 0.717) is 6.54 Å². The monoisotopic (exact) mass is 259 g/mol. The van der Waals surface area contributed by atoms with Gasteiger partial charge in [0.2, 0.25) is 0 Å². The quantitative estimate of drug-likeness (QED) is 0.606. The number of hydrogen-bond donors (Lipinski definition) is 0. The Labute approximate surface area is 112 Å². The first kappa shape index (κ1) is 12.2. The zero-order chi connectivity index (χ0) is 13.2. The topological polar surface area (TPSA) is 46.6 Å². The lowest BCUT2D eigenvalue weighted by Crippen LogP contribution is -2.54. The number of cyclic esters (lactones) is 2. The lowest BCUT2D eigenvalue weighted by molar-refractivity contribution is -0.153. The average molecular weight is 259 g/mol.